The van der Waals surface area contributed by atoms with Gasteiger partial charge in [-0.2, -0.15) is 0 Å². The van der Waals surface area contributed by atoms with Crippen molar-refractivity contribution in [2.45, 2.75) is 13.5 Å². The highest BCUT2D eigenvalue weighted by molar-refractivity contribution is 7.17. The molecule has 25 heavy (non-hydrogen) atoms. The second-order valence-corrected chi connectivity index (χ2v) is 6.35. The molecule has 0 bridgehead atoms. The Labute approximate surface area is 149 Å². The van der Waals surface area contributed by atoms with Gasteiger partial charge in [0.2, 0.25) is 0 Å². The van der Waals surface area contributed by atoms with Crippen LogP contribution in [-0.2, 0) is 6.61 Å². The van der Waals surface area contributed by atoms with E-state index < -0.39 is 5.97 Å². The Morgan fingerprint density at radius 1 is 1.16 bits per heavy atom. The van der Waals surface area contributed by atoms with E-state index in [9.17, 15) is 9.90 Å². The largest absolute Gasteiger partial charge is 0.493 e. The van der Waals surface area contributed by atoms with Crippen molar-refractivity contribution in [3.8, 4) is 22.1 Å². The van der Waals surface area contributed by atoms with Crippen LogP contribution in [0.25, 0.3) is 10.6 Å². The molecule has 0 aliphatic rings. The molecule has 0 saturated carbocycles. The molecule has 3 aromatic rings. The average Bonchev–Trinajstić information content (AvgIpc) is 3.02. The van der Waals surface area contributed by atoms with Gasteiger partial charge in [-0.15, -0.1) is 11.3 Å². The van der Waals surface area contributed by atoms with Crippen molar-refractivity contribution in [3.63, 3.8) is 0 Å². The third-order valence-corrected chi connectivity index (χ3v) is 4.82. The molecule has 0 radical (unpaired) electrons. The summed E-state index contributed by atoms with van der Waals surface area (Å²) in [4.78, 5) is 15.9. The molecule has 1 heterocycles. The summed E-state index contributed by atoms with van der Waals surface area (Å²) < 4.78 is 11.4. The fraction of sp³-hybridized carbons (Fsp3) is 0.158. The van der Waals surface area contributed by atoms with Crippen molar-refractivity contribution in [1.82, 2.24) is 4.98 Å². The first-order chi connectivity index (χ1) is 12.1. The van der Waals surface area contributed by atoms with E-state index in [4.69, 9.17) is 9.47 Å². The lowest BCUT2D eigenvalue weighted by Crippen LogP contribution is -1.99. The number of para-hydroxylation sites is 1. The first kappa shape index (κ1) is 17.0. The van der Waals surface area contributed by atoms with E-state index >= 15 is 0 Å². The number of carboxylic acid groups (broad SMARTS) is 1. The molecule has 5 nitrogen and oxygen atoms in total. The molecule has 3 rings (SSSR count). The Hall–Kier alpha value is -2.86. The zero-order valence-corrected chi connectivity index (χ0v) is 14.7. The minimum absolute atomic E-state index is 0.229. The molecule has 0 aliphatic heterocycles. The van der Waals surface area contributed by atoms with Crippen LogP contribution in [0.15, 0.2) is 48.5 Å². The molecule has 0 aliphatic carbocycles. The number of aromatic nitrogens is 1. The molecule has 0 fully saturated rings. The van der Waals surface area contributed by atoms with Crippen LogP contribution in [0.2, 0.25) is 0 Å². The molecule has 6 heteroatoms. The minimum atomic E-state index is -0.976. The molecule has 2 aromatic carbocycles. The highest BCUT2D eigenvalue weighted by Gasteiger charge is 2.20. The Kier molecular flexibility index (Phi) is 5.00. The van der Waals surface area contributed by atoms with Gasteiger partial charge in [-0.3, -0.25) is 0 Å². The van der Waals surface area contributed by atoms with Gasteiger partial charge in [-0.25, -0.2) is 9.78 Å². The Bertz CT molecular complexity index is 890. The molecule has 0 spiro atoms. The van der Waals surface area contributed by atoms with E-state index in [0.29, 0.717) is 28.8 Å². The maximum atomic E-state index is 11.3. The SMILES string of the molecule is COc1cccc(-c2nc(C)c(C(=O)O)s2)c1OCc1ccccc1. The summed E-state index contributed by atoms with van der Waals surface area (Å²) in [5, 5.41) is 9.86. The zero-order chi connectivity index (χ0) is 17.8. The lowest BCUT2D eigenvalue weighted by Gasteiger charge is -2.14. The standard InChI is InChI=1S/C19H17NO4S/c1-12-17(19(21)22)25-18(20-12)14-9-6-10-15(23-2)16(14)24-11-13-7-4-3-5-8-13/h3-10H,11H2,1-2H3,(H,21,22). The van der Waals surface area contributed by atoms with Crippen LogP contribution in [0.5, 0.6) is 11.5 Å². The summed E-state index contributed by atoms with van der Waals surface area (Å²) in [5.74, 6) is 0.161. The highest BCUT2D eigenvalue weighted by Crippen LogP contribution is 2.40. The molecule has 1 aromatic heterocycles. The number of hydrogen-bond acceptors (Lipinski definition) is 5. The molecular weight excluding hydrogens is 338 g/mol. The number of carboxylic acids is 1. The number of rotatable bonds is 6. The summed E-state index contributed by atoms with van der Waals surface area (Å²) in [5.41, 5.74) is 2.24. The van der Waals surface area contributed by atoms with Gasteiger partial charge < -0.3 is 14.6 Å². The monoisotopic (exact) mass is 355 g/mol. The van der Waals surface area contributed by atoms with Crippen LogP contribution < -0.4 is 9.47 Å². The Morgan fingerprint density at radius 2 is 1.92 bits per heavy atom. The first-order valence-electron chi connectivity index (χ1n) is 7.65. The van der Waals surface area contributed by atoms with Crippen LogP contribution in [0.1, 0.15) is 20.9 Å². The highest BCUT2D eigenvalue weighted by atomic mass is 32.1. The second-order valence-electron chi connectivity index (χ2n) is 5.35. The number of benzene rings is 2. The van der Waals surface area contributed by atoms with Gasteiger partial charge >= 0.3 is 5.97 Å². The number of methoxy groups -OCH3 is 1. The Balaban J connectivity index is 1.99. The third-order valence-electron chi connectivity index (χ3n) is 3.65. The lowest BCUT2D eigenvalue weighted by molar-refractivity contribution is 0.0701. The van der Waals surface area contributed by atoms with E-state index in [0.717, 1.165) is 22.5 Å². The fourth-order valence-electron chi connectivity index (χ4n) is 2.43. The number of ether oxygens (including phenoxy) is 2. The molecule has 1 N–H and O–H groups in total. The Morgan fingerprint density at radius 3 is 2.56 bits per heavy atom. The summed E-state index contributed by atoms with van der Waals surface area (Å²) >= 11 is 1.13. The van der Waals surface area contributed by atoms with Gasteiger partial charge in [0.25, 0.3) is 0 Å². The minimum Gasteiger partial charge on any atom is -0.493 e. The number of hydrogen-bond donors (Lipinski definition) is 1. The van der Waals surface area contributed by atoms with E-state index in [1.54, 1.807) is 14.0 Å². The van der Waals surface area contributed by atoms with Crippen LogP contribution in [0.4, 0.5) is 0 Å². The summed E-state index contributed by atoms with van der Waals surface area (Å²) in [6.45, 7) is 2.07. The quantitative estimate of drug-likeness (QED) is 0.709. The van der Waals surface area contributed by atoms with Crippen LogP contribution in [0, 0.1) is 6.92 Å². The molecule has 128 valence electrons. The average molecular weight is 355 g/mol. The number of thiazole rings is 1. The smallest absolute Gasteiger partial charge is 0.347 e. The van der Waals surface area contributed by atoms with Crippen molar-refractivity contribution >= 4 is 17.3 Å². The number of carbonyl (C=O) groups is 1. The zero-order valence-electron chi connectivity index (χ0n) is 13.9. The van der Waals surface area contributed by atoms with Gasteiger partial charge in [0.05, 0.1) is 18.4 Å². The third kappa shape index (κ3) is 3.64. The summed E-state index contributed by atoms with van der Waals surface area (Å²) in [7, 11) is 1.57. The van der Waals surface area contributed by atoms with Gasteiger partial charge in [-0.05, 0) is 24.6 Å². The molecular formula is C19H17NO4S. The van der Waals surface area contributed by atoms with Gasteiger partial charge in [0.1, 0.15) is 16.5 Å². The van der Waals surface area contributed by atoms with E-state index in [2.05, 4.69) is 4.98 Å². The van der Waals surface area contributed by atoms with Crippen LogP contribution in [-0.4, -0.2) is 23.2 Å². The fourth-order valence-corrected chi connectivity index (χ4v) is 3.36. The van der Waals surface area contributed by atoms with Crippen molar-refractivity contribution in [2.75, 3.05) is 7.11 Å². The van der Waals surface area contributed by atoms with Gasteiger partial charge in [0, 0.05) is 0 Å². The summed E-state index contributed by atoms with van der Waals surface area (Å²) in [6.07, 6.45) is 0. The second kappa shape index (κ2) is 7.36. The number of nitrogens with zero attached hydrogens (tertiary/aromatic N) is 1. The van der Waals surface area contributed by atoms with Crippen LogP contribution in [0.3, 0.4) is 0 Å². The topological polar surface area (TPSA) is 68.7 Å². The number of aryl methyl sites for hydroxylation is 1. The first-order valence-corrected chi connectivity index (χ1v) is 8.46. The van der Waals surface area contributed by atoms with Gasteiger partial charge in [-0.1, -0.05) is 36.4 Å². The normalized spacial score (nSPS) is 10.5. The maximum Gasteiger partial charge on any atom is 0.347 e. The molecule has 0 amide bonds. The predicted molar refractivity (Wildman–Crippen MR) is 96.6 cm³/mol. The lowest BCUT2D eigenvalue weighted by atomic mass is 10.2. The van der Waals surface area contributed by atoms with Crippen LogP contribution >= 0.6 is 11.3 Å². The number of aromatic carboxylic acids is 1. The predicted octanol–water partition coefficient (Wildman–Crippen LogP) is 4.40. The molecule has 0 atom stereocenters. The van der Waals surface area contributed by atoms with Crippen molar-refractivity contribution in [1.29, 1.82) is 0 Å². The van der Waals surface area contributed by atoms with E-state index in [1.165, 1.54) is 0 Å². The van der Waals surface area contributed by atoms with E-state index in [-0.39, 0.29) is 4.88 Å². The van der Waals surface area contributed by atoms with Crippen molar-refractivity contribution in [3.05, 3.63) is 64.7 Å². The van der Waals surface area contributed by atoms with E-state index in [1.807, 2.05) is 48.5 Å². The van der Waals surface area contributed by atoms with Crippen molar-refractivity contribution < 1.29 is 19.4 Å². The molecule has 0 unspecified atom stereocenters. The summed E-state index contributed by atoms with van der Waals surface area (Å²) in [6, 6.07) is 15.3. The van der Waals surface area contributed by atoms with Crippen molar-refractivity contribution in [2.24, 2.45) is 0 Å². The molecule has 0 saturated heterocycles. The van der Waals surface area contributed by atoms with Gasteiger partial charge in [0.15, 0.2) is 11.5 Å². The maximum absolute atomic E-state index is 11.3.